The molecule has 0 aromatic rings. The molecule has 5 heteroatoms. The van der Waals surface area contributed by atoms with E-state index in [1.165, 1.54) is 38.5 Å². The predicted molar refractivity (Wildman–Crippen MR) is 120 cm³/mol. The van der Waals surface area contributed by atoms with Gasteiger partial charge in [0.1, 0.15) is 0 Å². The Morgan fingerprint density at radius 3 is 1.43 bits per heavy atom. The van der Waals surface area contributed by atoms with Crippen molar-refractivity contribution < 1.29 is 14.2 Å². The van der Waals surface area contributed by atoms with Crippen LogP contribution in [0.4, 0.5) is 0 Å². The second kappa shape index (κ2) is 17.6. The van der Waals surface area contributed by atoms with Gasteiger partial charge in [0.15, 0.2) is 0 Å². The molecule has 0 heterocycles. The average molecular weight is 403 g/mol. The number of ether oxygens (including phenoxy) is 3. The van der Waals surface area contributed by atoms with Gasteiger partial charge in [0, 0.05) is 21.3 Å². The van der Waals surface area contributed by atoms with Crippen LogP contribution in [0.25, 0.3) is 0 Å². The molecule has 0 aliphatic carbocycles. The van der Waals surface area contributed by atoms with E-state index in [2.05, 4.69) is 31.4 Å². The van der Waals surface area contributed by atoms with E-state index in [9.17, 15) is 0 Å². The van der Waals surface area contributed by atoms with Gasteiger partial charge in [0.05, 0.1) is 5.41 Å². The lowest BCUT2D eigenvalue weighted by molar-refractivity contribution is -0.411. The molecule has 0 rings (SSSR count). The van der Waals surface area contributed by atoms with Crippen molar-refractivity contribution in [1.29, 1.82) is 0 Å². The highest BCUT2D eigenvalue weighted by molar-refractivity contribution is 4.89. The maximum absolute atomic E-state index is 5.93. The van der Waals surface area contributed by atoms with Gasteiger partial charge in [-0.05, 0) is 58.3 Å². The van der Waals surface area contributed by atoms with Gasteiger partial charge in [-0.25, -0.2) is 0 Å². The van der Waals surface area contributed by atoms with E-state index in [1.807, 2.05) is 0 Å². The summed E-state index contributed by atoms with van der Waals surface area (Å²) < 4.78 is 17.8. The Kier molecular flexibility index (Phi) is 17.5. The van der Waals surface area contributed by atoms with Crippen molar-refractivity contribution in [3.8, 4) is 0 Å². The standard InChI is InChI=1S/C23H50N2O3/c1-7-10-11-12-13-14-17-22(18-15-20-24-8-2,19-16-21-25-9-3)23(26-4,27-5)28-6/h24-25H,7-21H2,1-6H3. The second-order valence-electron chi connectivity index (χ2n) is 7.88. The number of nitrogens with one attached hydrogen (secondary N) is 2. The van der Waals surface area contributed by atoms with Crippen molar-refractivity contribution in [2.24, 2.45) is 5.41 Å². The van der Waals surface area contributed by atoms with Gasteiger partial charge in [0.2, 0.25) is 0 Å². The highest BCUT2D eigenvalue weighted by Gasteiger charge is 2.52. The molecule has 0 saturated carbocycles. The first kappa shape index (κ1) is 27.8. The third kappa shape index (κ3) is 9.53. The zero-order valence-electron chi connectivity index (χ0n) is 19.8. The van der Waals surface area contributed by atoms with E-state index in [0.717, 1.165) is 58.3 Å². The SMILES string of the molecule is CCCCCCCCC(CCCNCC)(CCCNCC)C(OC)(OC)OC. The van der Waals surface area contributed by atoms with Crippen molar-refractivity contribution >= 4 is 0 Å². The molecule has 170 valence electrons. The Morgan fingerprint density at radius 2 is 1.00 bits per heavy atom. The lowest BCUT2D eigenvalue weighted by Crippen LogP contribution is -2.53. The third-order valence-corrected chi connectivity index (χ3v) is 5.98. The minimum absolute atomic E-state index is 0.138. The molecule has 0 aromatic heterocycles. The molecule has 0 bridgehead atoms. The van der Waals surface area contributed by atoms with Crippen LogP contribution in [0.3, 0.4) is 0 Å². The van der Waals surface area contributed by atoms with Crippen molar-refractivity contribution in [3.63, 3.8) is 0 Å². The van der Waals surface area contributed by atoms with E-state index in [4.69, 9.17) is 14.2 Å². The summed E-state index contributed by atoms with van der Waals surface area (Å²) in [5.74, 6) is -0.977. The van der Waals surface area contributed by atoms with Crippen molar-refractivity contribution in [3.05, 3.63) is 0 Å². The molecule has 0 aliphatic rings. The summed E-state index contributed by atoms with van der Waals surface area (Å²) in [6, 6.07) is 0. The molecule has 0 saturated heterocycles. The first-order valence-electron chi connectivity index (χ1n) is 11.7. The summed E-state index contributed by atoms with van der Waals surface area (Å²) in [6.45, 7) is 10.6. The lowest BCUT2D eigenvalue weighted by atomic mass is 9.72. The van der Waals surface area contributed by atoms with Gasteiger partial charge in [-0.1, -0.05) is 59.3 Å². The summed E-state index contributed by atoms with van der Waals surface area (Å²) in [6.07, 6.45) is 13.1. The normalized spacial score (nSPS) is 12.6. The summed E-state index contributed by atoms with van der Waals surface area (Å²) in [4.78, 5) is 0. The van der Waals surface area contributed by atoms with Crippen LogP contribution in [0.2, 0.25) is 0 Å². The largest absolute Gasteiger partial charge is 0.330 e. The average Bonchev–Trinajstić information content (AvgIpc) is 2.72. The molecule has 0 unspecified atom stereocenters. The fourth-order valence-corrected chi connectivity index (χ4v) is 4.43. The molecule has 0 radical (unpaired) electrons. The summed E-state index contributed by atoms with van der Waals surface area (Å²) in [7, 11) is 5.16. The maximum Gasteiger partial charge on any atom is 0.288 e. The lowest BCUT2D eigenvalue weighted by Gasteiger charge is -2.47. The fourth-order valence-electron chi connectivity index (χ4n) is 4.43. The number of unbranched alkanes of at least 4 members (excludes halogenated alkanes) is 5. The van der Waals surface area contributed by atoms with Crippen LogP contribution in [0.5, 0.6) is 0 Å². The van der Waals surface area contributed by atoms with Crippen LogP contribution < -0.4 is 10.6 Å². The van der Waals surface area contributed by atoms with Crippen molar-refractivity contribution in [2.75, 3.05) is 47.5 Å². The Morgan fingerprint density at radius 1 is 0.571 bits per heavy atom. The van der Waals surface area contributed by atoms with Crippen LogP contribution in [-0.2, 0) is 14.2 Å². The first-order chi connectivity index (χ1) is 13.6. The zero-order chi connectivity index (χ0) is 21.1. The number of hydrogen-bond acceptors (Lipinski definition) is 5. The van der Waals surface area contributed by atoms with E-state index in [0.29, 0.717) is 0 Å². The number of rotatable bonds is 21. The quantitative estimate of drug-likeness (QED) is 0.207. The molecule has 28 heavy (non-hydrogen) atoms. The molecule has 0 aliphatic heterocycles. The topological polar surface area (TPSA) is 51.8 Å². The summed E-state index contributed by atoms with van der Waals surface area (Å²) >= 11 is 0. The van der Waals surface area contributed by atoms with Crippen LogP contribution in [0, 0.1) is 5.41 Å². The zero-order valence-corrected chi connectivity index (χ0v) is 19.8. The fraction of sp³-hybridized carbons (Fsp3) is 1.00. The van der Waals surface area contributed by atoms with Crippen molar-refractivity contribution in [2.45, 2.75) is 97.4 Å². The molecule has 5 nitrogen and oxygen atoms in total. The molecule has 2 N–H and O–H groups in total. The molecular formula is C23H50N2O3. The Hall–Kier alpha value is -0.200. The monoisotopic (exact) mass is 402 g/mol. The van der Waals surface area contributed by atoms with Crippen LogP contribution in [0.15, 0.2) is 0 Å². The minimum Gasteiger partial charge on any atom is -0.330 e. The van der Waals surface area contributed by atoms with Gasteiger partial charge < -0.3 is 24.8 Å². The number of hydrogen-bond donors (Lipinski definition) is 2. The number of methoxy groups -OCH3 is 3. The smallest absolute Gasteiger partial charge is 0.288 e. The molecule has 0 spiro atoms. The van der Waals surface area contributed by atoms with Gasteiger partial charge in [-0.3, -0.25) is 0 Å². The molecule has 0 fully saturated rings. The van der Waals surface area contributed by atoms with E-state index < -0.39 is 5.97 Å². The van der Waals surface area contributed by atoms with Crippen LogP contribution in [-0.4, -0.2) is 53.5 Å². The van der Waals surface area contributed by atoms with E-state index in [1.54, 1.807) is 21.3 Å². The van der Waals surface area contributed by atoms with Gasteiger partial charge in [-0.15, -0.1) is 0 Å². The molecule has 0 atom stereocenters. The minimum atomic E-state index is -0.977. The Bertz CT molecular complexity index is 316. The highest BCUT2D eigenvalue weighted by atomic mass is 16.9. The third-order valence-electron chi connectivity index (χ3n) is 5.98. The Labute approximate surface area is 175 Å². The van der Waals surface area contributed by atoms with E-state index in [-0.39, 0.29) is 5.41 Å². The van der Waals surface area contributed by atoms with Crippen LogP contribution >= 0.6 is 0 Å². The van der Waals surface area contributed by atoms with Gasteiger partial charge in [0.25, 0.3) is 5.97 Å². The van der Waals surface area contributed by atoms with Crippen molar-refractivity contribution in [1.82, 2.24) is 10.6 Å². The first-order valence-corrected chi connectivity index (χ1v) is 11.7. The van der Waals surface area contributed by atoms with E-state index >= 15 is 0 Å². The molecular weight excluding hydrogens is 352 g/mol. The predicted octanol–water partition coefficient (Wildman–Crippen LogP) is 5.10. The molecule has 0 amide bonds. The van der Waals surface area contributed by atoms with Gasteiger partial charge >= 0.3 is 0 Å². The second-order valence-corrected chi connectivity index (χ2v) is 7.88. The Balaban J connectivity index is 5.25. The van der Waals surface area contributed by atoms with Gasteiger partial charge in [-0.2, -0.15) is 0 Å². The summed E-state index contributed by atoms with van der Waals surface area (Å²) in [5.41, 5.74) is -0.138. The summed E-state index contributed by atoms with van der Waals surface area (Å²) in [5, 5.41) is 6.92. The highest BCUT2D eigenvalue weighted by Crippen LogP contribution is 2.48. The van der Waals surface area contributed by atoms with Crippen LogP contribution in [0.1, 0.15) is 91.4 Å². The molecule has 0 aromatic carbocycles. The maximum atomic E-state index is 5.93.